The van der Waals surface area contributed by atoms with Crippen molar-refractivity contribution < 1.29 is 20.5 Å². The maximum Gasteiger partial charge on any atom is -0.147 e. The topological polar surface area (TPSA) is 17.1 Å². The van der Waals surface area contributed by atoms with Gasteiger partial charge in [0.15, 0.2) is 0 Å². The molecule has 1 aliphatic carbocycles. The van der Waals surface area contributed by atoms with Crippen molar-refractivity contribution in [3.05, 3.63) is 23.3 Å². The van der Waals surface area contributed by atoms with Gasteiger partial charge in [-0.3, -0.25) is 0 Å². The molecule has 0 radical (unpaired) electrons. The van der Waals surface area contributed by atoms with Gasteiger partial charge in [-0.15, -0.1) is 24.8 Å². The first-order valence-electron chi connectivity index (χ1n) is 2.75. The van der Waals surface area contributed by atoms with Crippen molar-refractivity contribution in [3.63, 3.8) is 0 Å². The van der Waals surface area contributed by atoms with Crippen LogP contribution in [0.4, 0.5) is 0 Å². The zero-order valence-corrected chi connectivity index (χ0v) is 8.59. The van der Waals surface area contributed by atoms with Crippen molar-refractivity contribution in [2.75, 3.05) is 0 Å². The third-order valence-corrected chi connectivity index (χ3v) is 1.70. The minimum Gasteiger partial charge on any atom is -0.147 e. The molecule has 0 saturated carbocycles. The Morgan fingerprint density at radius 2 is 2.09 bits per heavy atom. The normalized spacial score (nSPS) is 14.1. The fourth-order valence-electron chi connectivity index (χ4n) is 0.837. The van der Waals surface area contributed by atoms with Gasteiger partial charge in [0.2, 0.25) is 0 Å². The van der Waals surface area contributed by atoms with Gasteiger partial charge in [-0.2, -0.15) is 0 Å². The molecule has 11 heavy (non-hydrogen) atoms. The number of carbonyl (C=O) groups is 1. The minimum atomic E-state index is -0.106. The molecule has 0 heterocycles. The molecule has 0 saturated heterocycles. The van der Waals surface area contributed by atoms with Gasteiger partial charge >= 0.3 is 61.9 Å². The molecule has 1 aliphatic rings. The fraction of sp³-hybridized carbons (Fsp3) is 0.286. The summed E-state index contributed by atoms with van der Waals surface area (Å²) in [5.74, 6) is 0. The monoisotopic (exact) mass is 238 g/mol. The van der Waals surface area contributed by atoms with Crippen LogP contribution in [-0.4, -0.2) is 4.72 Å². The van der Waals surface area contributed by atoms with Crippen LogP contribution in [0.3, 0.4) is 0 Å². The van der Waals surface area contributed by atoms with Crippen molar-refractivity contribution in [1.29, 1.82) is 0 Å². The number of halogens is 2. The van der Waals surface area contributed by atoms with Crippen LogP contribution in [0.15, 0.2) is 23.3 Å². The molecular weight excluding hydrogens is 230 g/mol. The number of rotatable bonds is 1. The second-order valence-electron chi connectivity index (χ2n) is 2.02. The molecule has 66 valence electrons. The van der Waals surface area contributed by atoms with Crippen LogP contribution in [0, 0.1) is 0 Å². The molecule has 0 aliphatic heterocycles. The molecule has 0 aromatic rings. The van der Waals surface area contributed by atoms with Crippen LogP contribution in [0.5, 0.6) is 0 Å². The van der Waals surface area contributed by atoms with E-state index in [1.54, 1.807) is 0 Å². The first-order valence-corrected chi connectivity index (χ1v) is 3.28. The summed E-state index contributed by atoms with van der Waals surface area (Å²) in [5, 5.41) is 0. The first-order chi connectivity index (χ1) is 4.22. The summed E-state index contributed by atoms with van der Waals surface area (Å²) in [5.41, 5.74) is 1.88. The van der Waals surface area contributed by atoms with E-state index in [0.29, 0.717) is 0 Å². The molecule has 0 amide bonds. The summed E-state index contributed by atoms with van der Waals surface area (Å²) in [6.07, 6.45) is 4.67. The molecular formula is C7H9Cl2CoO. The van der Waals surface area contributed by atoms with Gasteiger partial charge in [0.25, 0.3) is 0 Å². The zero-order chi connectivity index (χ0) is 6.85. The quantitative estimate of drug-likeness (QED) is 0.685. The first kappa shape index (κ1) is 13.8. The fourth-order valence-corrected chi connectivity index (χ4v) is 1.15. The summed E-state index contributed by atoms with van der Waals surface area (Å²) >= 11 is 3.76. The molecule has 4 heteroatoms. The zero-order valence-electron chi connectivity index (χ0n) is 5.92. The summed E-state index contributed by atoms with van der Waals surface area (Å²) in [4.78, 5) is 10.6. The van der Waals surface area contributed by atoms with Gasteiger partial charge in [-0.05, 0) is 0 Å². The second-order valence-corrected chi connectivity index (χ2v) is 2.49. The van der Waals surface area contributed by atoms with Crippen LogP contribution in [0.1, 0.15) is 13.3 Å². The Bertz CT molecular complexity index is 208. The summed E-state index contributed by atoms with van der Waals surface area (Å²) in [6.45, 7) is 1.92. The van der Waals surface area contributed by atoms with E-state index in [0.717, 1.165) is 17.6 Å². The van der Waals surface area contributed by atoms with Crippen LogP contribution in [-0.2, 0) is 20.5 Å². The predicted molar refractivity (Wildman–Crippen MR) is 46.0 cm³/mol. The molecule has 1 nitrogen and oxygen atoms in total. The maximum atomic E-state index is 10.6. The third-order valence-electron chi connectivity index (χ3n) is 1.39. The van der Waals surface area contributed by atoms with Gasteiger partial charge in [-0.1, -0.05) is 0 Å². The Kier molecular flexibility index (Phi) is 7.32. The van der Waals surface area contributed by atoms with E-state index in [4.69, 9.17) is 0 Å². The Balaban J connectivity index is 0. The molecule has 1 rings (SSSR count). The molecule has 0 unspecified atom stereocenters. The SMILES string of the molecule is CC1=C([C](=O)[Co])CC=C1.Cl.Cl. The van der Waals surface area contributed by atoms with E-state index in [2.05, 4.69) is 15.7 Å². The molecule has 0 atom stereocenters. The molecule has 0 aromatic carbocycles. The average Bonchev–Trinajstić information content (AvgIpc) is 2.13. The number of allylic oxidation sites excluding steroid dienone is 4. The minimum absolute atomic E-state index is 0. The Morgan fingerprint density at radius 3 is 2.27 bits per heavy atom. The number of carbonyl (C=O) groups excluding carboxylic acids is 1. The standard InChI is InChI=1S/C7H7O.2ClH.Co/c1-6-3-2-4-7(6)5-8;;;/h2-3H,4H2,1H3;2*1H;. The molecule has 0 fully saturated rings. The van der Waals surface area contributed by atoms with E-state index in [-0.39, 0.29) is 29.5 Å². The van der Waals surface area contributed by atoms with Gasteiger partial charge in [0.05, 0.1) is 0 Å². The largest absolute Gasteiger partial charge is 0.147 e. The van der Waals surface area contributed by atoms with Crippen molar-refractivity contribution in [2.45, 2.75) is 13.3 Å². The Morgan fingerprint density at radius 1 is 1.55 bits per heavy atom. The van der Waals surface area contributed by atoms with Crippen LogP contribution in [0.2, 0.25) is 0 Å². The Labute approximate surface area is 86.7 Å². The van der Waals surface area contributed by atoms with Crippen molar-refractivity contribution in [1.82, 2.24) is 0 Å². The van der Waals surface area contributed by atoms with E-state index in [1.165, 1.54) is 0 Å². The van der Waals surface area contributed by atoms with E-state index < -0.39 is 0 Å². The maximum absolute atomic E-state index is 10.6. The molecule has 0 bridgehead atoms. The third kappa shape index (κ3) is 3.43. The summed E-state index contributed by atoms with van der Waals surface area (Å²) in [6, 6.07) is 0. The number of hydrogen-bond acceptors (Lipinski definition) is 1. The van der Waals surface area contributed by atoms with E-state index in [1.807, 2.05) is 19.1 Å². The van der Waals surface area contributed by atoms with Crippen molar-refractivity contribution in [3.8, 4) is 0 Å². The van der Waals surface area contributed by atoms with E-state index >= 15 is 0 Å². The predicted octanol–water partition coefficient (Wildman–Crippen LogP) is 2.18. The number of hydrogen-bond donors (Lipinski definition) is 0. The van der Waals surface area contributed by atoms with Gasteiger partial charge in [0, 0.05) is 0 Å². The second kappa shape index (κ2) is 5.83. The van der Waals surface area contributed by atoms with Gasteiger partial charge in [-0.25, -0.2) is 0 Å². The average molecular weight is 239 g/mol. The van der Waals surface area contributed by atoms with Crippen LogP contribution in [0.25, 0.3) is 0 Å². The molecule has 0 aromatic heterocycles. The van der Waals surface area contributed by atoms with Crippen molar-refractivity contribution >= 4 is 29.5 Å². The Hall–Kier alpha value is 0.236. The molecule has 0 spiro atoms. The van der Waals surface area contributed by atoms with Gasteiger partial charge in [0.1, 0.15) is 0 Å². The molecule has 0 N–H and O–H groups in total. The van der Waals surface area contributed by atoms with Crippen LogP contribution >= 0.6 is 24.8 Å². The van der Waals surface area contributed by atoms with Crippen molar-refractivity contribution in [2.24, 2.45) is 0 Å². The summed E-state index contributed by atoms with van der Waals surface area (Å²) < 4.78 is -0.106. The van der Waals surface area contributed by atoms with Crippen LogP contribution < -0.4 is 0 Å². The van der Waals surface area contributed by atoms with Gasteiger partial charge < -0.3 is 0 Å². The smallest absolute Gasteiger partial charge is 0.147 e. The van der Waals surface area contributed by atoms with E-state index in [9.17, 15) is 4.79 Å². The summed E-state index contributed by atoms with van der Waals surface area (Å²) in [7, 11) is 0.